The maximum atomic E-state index is 11.5. The van der Waals surface area contributed by atoms with Gasteiger partial charge in [-0.3, -0.25) is 0 Å². The molecule has 2 atom stereocenters. The standard InChI is InChI=1S/C14H23N3O4S/c1-3-15-13(17-11-6-8-22(19,20)9-11)16-10-14(2,18)12-5-4-7-21-12/h4-5,7,11,18H,3,6,8-10H2,1-2H3,(H2,15,16,17). The second-order valence-electron chi connectivity index (χ2n) is 5.69. The first-order valence-electron chi connectivity index (χ1n) is 7.34. The van der Waals surface area contributed by atoms with E-state index in [9.17, 15) is 13.5 Å². The summed E-state index contributed by atoms with van der Waals surface area (Å²) >= 11 is 0. The average Bonchev–Trinajstić information content (AvgIpc) is 3.06. The van der Waals surface area contributed by atoms with Gasteiger partial charge in [-0.25, -0.2) is 13.4 Å². The lowest BCUT2D eigenvalue weighted by atomic mass is 10.0. The summed E-state index contributed by atoms with van der Waals surface area (Å²) in [6, 6.07) is 3.26. The molecule has 22 heavy (non-hydrogen) atoms. The lowest BCUT2D eigenvalue weighted by Crippen LogP contribution is -2.44. The summed E-state index contributed by atoms with van der Waals surface area (Å²) in [5.41, 5.74) is -1.21. The Morgan fingerprint density at radius 3 is 2.91 bits per heavy atom. The van der Waals surface area contributed by atoms with Crippen molar-refractivity contribution in [3.05, 3.63) is 24.2 Å². The van der Waals surface area contributed by atoms with Crippen molar-refractivity contribution >= 4 is 15.8 Å². The summed E-state index contributed by atoms with van der Waals surface area (Å²) in [7, 11) is -2.94. The SMILES string of the molecule is CCNC(=NCC(C)(O)c1ccco1)NC1CCS(=O)(=O)C1. The number of furan rings is 1. The molecule has 0 bridgehead atoms. The molecule has 3 N–H and O–H groups in total. The van der Waals surface area contributed by atoms with E-state index >= 15 is 0 Å². The van der Waals surface area contributed by atoms with Crippen LogP contribution in [0, 0.1) is 0 Å². The van der Waals surface area contributed by atoms with Gasteiger partial charge in [0.15, 0.2) is 15.8 Å². The lowest BCUT2D eigenvalue weighted by Gasteiger charge is -2.20. The third-order valence-corrected chi connectivity index (χ3v) is 5.28. The summed E-state index contributed by atoms with van der Waals surface area (Å²) in [6.45, 7) is 4.30. The number of nitrogens with zero attached hydrogens (tertiary/aromatic N) is 1. The Labute approximate surface area is 130 Å². The molecule has 0 aromatic carbocycles. The molecular formula is C14H23N3O4S. The first-order valence-corrected chi connectivity index (χ1v) is 9.16. The van der Waals surface area contributed by atoms with E-state index in [0.29, 0.717) is 24.7 Å². The topological polar surface area (TPSA) is 104 Å². The van der Waals surface area contributed by atoms with Crippen LogP contribution >= 0.6 is 0 Å². The molecule has 1 aromatic rings. The van der Waals surface area contributed by atoms with E-state index in [-0.39, 0.29) is 24.1 Å². The molecule has 0 amide bonds. The Bertz CT molecular complexity index is 608. The van der Waals surface area contributed by atoms with Crippen LogP contribution in [0.15, 0.2) is 27.8 Å². The number of aliphatic hydroxyl groups is 1. The molecule has 2 heterocycles. The van der Waals surface area contributed by atoms with Gasteiger partial charge < -0.3 is 20.2 Å². The van der Waals surface area contributed by atoms with Gasteiger partial charge in [-0.1, -0.05) is 0 Å². The number of guanidine groups is 1. The first kappa shape index (κ1) is 16.8. The molecule has 0 aliphatic carbocycles. The number of hydrogen-bond donors (Lipinski definition) is 3. The number of nitrogens with one attached hydrogen (secondary N) is 2. The number of sulfone groups is 1. The predicted octanol–water partition coefficient (Wildman–Crippen LogP) is 0.229. The minimum Gasteiger partial charge on any atom is -0.466 e. The highest BCUT2D eigenvalue weighted by Crippen LogP contribution is 2.21. The van der Waals surface area contributed by atoms with Crippen molar-refractivity contribution in [1.82, 2.24) is 10.6 Å². The van der Waals surface area contributed by atoms with Gasteiger partial charge in [-0.05, 0) is 32.4 Å². The quantitative estimate of drug-likeness (QED) is 0.528. The largest absolute Gasteiger partial charge is 0.466 e. The second-order valence-corrected chi connectivity index (χ2v) is 7.92. The van der Waals surface area contributed by atoms with E-state index in [1.54, 1.807) is 19.1 Å². The zero-order valence-electron chi connectivity index (χ0n) is 12.9. The molecule has 1 aliphatic heterocycles. The van der Waals surface area contributed by atoms with Crippen LogP contribution in [-0.4, -0.2) is 50.1 Å². The van der Waals surface area contributed by atoms with Gasteiger partial charge in [-0.2, -0.15) is 0 Å². The normalized spacial score (nSPS) is 24.0. The fraction of sp³-hybridized carbons (Fsp3) is 0.643. The maximum Gasteiger partial charge on any atom is 0.191 e. The minimum atomic E-state index is -2.94. The van der Waals surface area contributed by atoms with Gasteiger partial charge >= 0.3 is 0 Å². The molecule has 2 rings (SSSR count). The van der Waals surface area contributed by atoms with Crippen LogP contribution < -0.4 is 10.6 Å². The van der Waals surface area contributed by atoms with Crippen LogP contribution in [0.25, 0.3) is 0 Å². The van der Waals surface area contributed by atoms with E-state index < -0.39 is 15.4 Å². The number of hydrogen-bond acceptors (Lipinski definition) is 5. The number of rotatable bonds is 5. The van der Waals surface area contributed by atoms with E-state index in [4.69, 9.17) is 4.42 Å². The van der Waals surface area contributed by atoms with Gasteiger partial charge in [0.2, 0.25) is 0 Å². The van der Waals surface area contributed by atoms with Gasteiger partial charge in [0, 0.05) is 12.6 Å². The lowest BCUT2D eigenvalue weighted by molar-refractivity contribution is 0.0437. The highest BCUT2D eigenvalue weighted by molar-refractivity contribution is 7.91. The maximum absolute atomic E-state index is 11.5. The molecule has 0 saturated carbocycles. The van der Waals surface area contributed by atoms with Crippen LogP contribution in [0.4, 0.5) is 0 Å². The van der Waals surface area contributed by atoms with Crippen LogP contribution in [0.5, 0.6) is 0 Å². The van der Waals surface area contributed by atoms with Crippen molar-refractivity contribution in [2.75, 3.05) is 24.6 Å². The summed E-state index contributed by atoms with van der Waals surface area (Å²) in [5.74, 6) is 1.26. The molecule has 2 unspecified atom stereocenters. The molecule has 1 aliphatic rings. The van der Waals surface area contributed by atoms with E-state index in [0.717, 1.165) is 0 Å². The van der Waals surface area contributed by atoms with Gasteiger partial charge in [0.05, 0.1) is 24.3 Å². The van der Waals surface area contributed by atoms with Crippen molar-refractivity contribution in [1.29, 1.82) is 0 Å². The zero-order valence-corrected chi connectivity index (χ0v) is 13.7. The molecule has 1 saturated heterocycles. The van der Waals surface area contributed by atoms with E-state index in [1.807, 2.05) is 6.92 Å². The Balaban J connectivity index is 2.01. The van der Waals surface area contributed by atoms with Crippen LogP contribution in [0.3, 0.4) is 0 Å². The third kappa shape index (κ3) is 4.48. The first-order chi connectivity index (χ1) is 10.3. The van der Waals surface area contributed by atoms with Crippen molar-refractivity contribution < 1.29 is 17.9 Å². The van der Waals surface area contributed by atoms with E-state index in [2.05, 4.69) is 15.6 Å². The van der Waals surface area contributed by atoms with E-state index in [1.165, 1.54) is 6.26 Å². The molecule has 124 valence electrons. The van der Waals surface area contributed by atoms with Gasteiger partial charge in [0.1, 0.15) is 11.4 Å². The minimum absolute atomic E-state index is 0.106. The second kappa shape index (κ2) is 6.70. The Morgan fingerprint density at radius 1 is 1.59 bits per heavy atom. The Kier molecular flexibility index (Phi) is 5.12. The highest BCUT2D eigenvalue weighted by Gasteiger charge is 2.29. The molecule has 1 fully saturated rings. The van der Waals surface area contributed by atoms with Gasteiger partial charge in [0.25, 0.3) is 0 Å². The summed E-state index contributed by atoms with van der Waals surface area (Å²) in [6.07, 6.45) is 2.07. The highest BCUT2D eigenvalue weighted by atomic mass is 32.2. The molecular weight excluding hydrogens is 306 g/mol. The Hall–Kier alpha value is -1.54. The predicted molar refractivity (Wildman–Crippen MR) is 84.5 cm³/mol. The summed E-state index contributed by atoms with van der Waals surface area (Å²) in [5, 5.41) is 16.5. The summed E-state index contributed by atoms with van der Waals surface area (Å²) in [4.78, 5) is 4.34. The molecule has 1 aromatic heterocycles. The smallest absolute Gasteiger partial charge is 0.191 e. The molecule has 7 nitrogen and oxygen atoms in total. The number of aliphatic imine (C=N–C) groups is 1. The molecule has 8 heteroatoms. The van der Waals surface area contributed by atoms with Crippen LogP contribution in [0.1, 0.15) is 26.0 Å². The average molecular weight is 329 g/mol. The summed E-state index contributed by atoms with van der Waals surface area (Å²) < 4.78 is 28.2. The fourth-order valence-electron chi connectivity index (χ4n) is 2.32. The molecule has 0 spiro atoms. The third-order valence-electron chi connectivity index (χ3n) is 3.51. The van der Waals surface area contributed by atoms with Crippen molar-refractivity contribution in [3.63, 3.8) is 0 Å². The Morgan fingerprint density at radius 2 is 2.36 bits per heavy atom. The van der Waals surface area contributed by atoms with Gasteiger partial charge in [-0.15, -0.1) is 0 Å². The van der Waals surface area contributed by atoms with Crippen molar-refractivity contribution in [3.8, 4) is 0 Å². The van der Waals surface area contributed by atoms with Crippen molar-refractivity contribution in [2.45, 2.75) is 31.9 Å². The van der Waals surface area contributed by atoms with Crippen LogP contribution in [-0.2, 0) is 15.4 Å². The fourth-order valence-corrected chi connectivity index (χ4v) is 3.99. The monoisotopic (exact) mass is 329 g/mol. The van der Waals surface area contributed by atoms with Crippen molar-refractivity contribution in [2.24, 2.45) is 4.99 Å². The zero-order chi connectivity index (χ0) is 16.2. The molecule has 0 radical (unpaired) electrons. The van der Waals surface area contributed by atoms with Crippen LogP contribution in [0.2, 0.25) is 0 Å².